The number of rotatable bonds is 5. The fourth-order valence-electron chi connectivity index (χ4n) is 1.75. The van der Waals surface area contributed by atoms with Crippen LogP contribution < -0.4 is 4.74 Å². The number of aliphatic hydroxyl groups is 1. The quantitative estimate of drug-likeness (QED) is 0.878. The minimum Gasteiger partial charge on any atom is -0.489 e. The molecule has 0 spiro atoms. The molecule has 20 heavy (non-hydrogen) atoms. The zero-order chi connectivity index (χ0) is 14.5. The summed E-state index contributed by atoms with van der Waals surface area (Å²) in [6.07, 6.45) is -0.493. The summed E-state index contributed by atoms with van der Waals surface area (Å²) in [7, 11) is 0. The van der Waals surface area contributed by atoms with Crippen LogP contribution in [-0.4, -0.2) is 16.2 Å². The molecule has 0 amide bonds. The van der Waals surface area contributed by atoms with Gasteiger partial charge in [0.2, 0.25) is 0 Å². The van der Waals surface area contributed by atoms with Gasteiger partial charge in [0.1, 0.15) is 12.4 Å². The van der Waals surface area contributed by atoms with Gasteiger partial charge in [-0.25, -0.2) is 4.79 Å². The Balaban J connectivity index is 1.96. The fraction of sp³-hybridized carbons (Fsp3) is 0.188. The summed E-state index contributed by atoms with van der Waals surface area (Å²) >= 11 is 0. The monoisotopic (exact) mass is 272 g/mol. The topological polar surface area (TPSA) is 66.8 Å². The van der Waals surface area contributed by atoms with Crippen molar-refractivity contribution in [1.29, 1.82) is 0 Å². The fourth-order valence-corrected chi connectivity index (χ4v) is 1.75. The molecule has 2 aromatic rings. The first kappa shape index (κ1) is 14.1. The van der Waals surface area contributed by atoms with Crippen molar-refractivity contribution in [2.75, 3.05) is 0 Å². The molecule has 0 aliphatic carbocycles. The number of ether oxygens (including phenoxy) is 1. The number of benzene rings is 2. The molecular weight excluding hydrogens is 256 g/mol. The molecule has 0 aromatic heterocycles. The molecule has 0 bridgehead atoms. The highest BCUT2D eigenvalue weighted by molar-refractivity contribution is 5.87. The van der Waals surface area contributed by atoms with Crippen molar-refractivity contribution < 1.29 is 19.7 Å². The SMILES string of the molecule is CC(O)c1ccc(OCc2ccc(C(=O)O)cc2)cc1. The molecule has 2 rings (SSSR count). The van der Waals surface area contributed by atoms with Crippen LogP contribution in [0.3, 0.4) is 0 Å². The van der Waals surface area contributed by atoms with Gasteiger partial charge in [0.15, 0.2) is 0 Å². The number of carboxylic acid groups (broad SMARTS) is 1. The van der Waals surface area contributed by atoms with Crippen LogP contribution in [0.5, 0.6) is 5.75 Å². The van der Waals surface area contributed by atoms with Gasteiger partial charge in [-0.1, -0.05) is 24.3 Å². The molecular formula is C16H16O4. The average molecular weight is 272 g/mol. The van der Waals surface area contributed by atoms with Crippen LogP contribution in [0, 0.1) is 0 Å². The van der Waals surface area contributed by atoms with Crippen LogP contribution in [0.25, 0.3) is 0 Å². The van der Waals surface area contributed by atoms with Gasteiger partial charge in [-0.3, -0.25) is 0 Å². The lowest BCUT2D eigenvalue weighted by molar-refractivity contribution is 0.0697. The van der Waals surface area contributed by atoms with Crippen molar-refractivity contribution in [2.45, 2.75) is 19.6 Å². The Morgan fingerprint density at radius 2 is 1.70 bits per heavy atom. The summed E-state index contributed by atoms with van der Waals surface area (Å²) in [4.78, 5) is 10.7. The van der Waals surface area contributed by atoms with Crippen LogP contribution in [0.1, 0.15) is 34.5 Å². The van der Waals surface area contributed by atoms with Gasteiger partial charge in [-0.2, -0.15) is 0 Å². The first-order valence-electron chi connectivity index (χ1n) is 6.29. The van der Waals surface area contributed by atoms with Crippen LogP contribution in [0.4, 0.5) is 0 Å². The van der Waals surface area contributed by atoms with E-state index in [-0.39, 0.29) is 5.56 Å². The maximum atomic E-state index is 10.7. The van der Waals surface area contributed by atoms with E-state index in [0.29, 0.717) is 12.4 Å². The van der Waals surface area contributed by atoms with Gasteiger partial charge in [0.05, 0.1) is 11.7 Å². The normalized spacial score (nSPS) is 11.9. The summed E-state index contributed by atoms with van der Waals surface area (Å²) in [5.74, 6) is -0.233. The van der Waals surface area contributed by atoms with Gasteiger partial charge in [0.25, 0.3) is 0 Å². The van der Waals surface area contributed by atoms with E-state index in [4.69, 9.17) is 9.84 Å². The molecule has 4 nitrogen and oxygen atoms in total. The molecule has 2 N–H and O–H groups in total. The average Bonchev–Trinajstić information content (AvgIpc) is 2.46. The maximum Gasteiger partial charge on any atom is 0.335 e. The van der Waals surface area contributed by atoms with Crippen LogP contribution in [-0.2, 0) is 6.61 Å². The molecule has 0 radical (unpaired) electrons. The molecule has 104 valence electrons. The number of aromatic carboxylic acids is 1. The van der Waals surface area contributed by atoms with Gasteiger partial charge < -0.3 is 14.9 Å². The highest BCUT2D eigenvalue weighted by Gasteiger charge is 2.03. The van der Waals surface area contributed by atoms with Crippen molar-refractivity contribution in [3.05, 3.63) is 65.2 Å². The van der Waals surface area contributed by atoms with E-state index in [1.807, 2.05) is 12.1 Å². The summed E-state index contributed by atoms with van der Waals surface area (Å²) in [5.41, 5.74) is 1.99. The molecule has 0 heterocycles. The molecule has 2 aromatic carbocycles. The smallest absolute Gasteiger partial charge is 0.335 e. The first-order valence-corrected chi connectivity index (χ1v) is 6.29. The highest BCUT2D eigenvalue weighted by atomic mass is 16.5. The molecule has 0 saturated carbocycles. The molecule has 0 aliphatic rings. The van der Waals surface area contributed by atoms with Crippen molar-refractivity contribution in [2.24, 2.45) is 0 Å². The van der Waals surface area contributed by atoms with E-state index in [2.05, 4.69) is 0 Å². The zero-order valence-electron chi connectivity index (χ0n) is 11.1. The predicted molar refractivity (Wildman–Crippen MR) is 74.8 cm³/mol. The molecule has 0 fully saturated rings. The Morgan fingerprint density at radius 1 is 1.10 bits per heavy atom. The lowest BCUT2D eigenvalue weighted by Crippen LogP contribution is -1.99. The number of carboxylic acids is 1. The number of hydrogen-bond donors (Lipinski definition) is 2. The van der Waals surface area contributed by atoms with Gasteiger partial charge in [-0.15, -0.1) is 0 Å². The Bertz CT molecular complexity index is 570. The van der Waals surface area contributed by atoms with Crippen molar-refractivity contribution in [3.8, 4) is 5.75 Å². The standard InChI is InChI=1S/C16H16O4/c1-11(17)13-6-8-15(9-7-13)20-10-12-2-4-14(5-3-12)16(18)19/h2-9,11,17H,10H2,1H3,(H,18,19). The van der Waals surface area contributed by atoms with E-state index in [9.17, 15) is 9.90 Å². The van der Waals surface area contributed by atoms with Crippen molar-refractivity contribution >= 4 is 5.97 Å². The van der Waals surface area contributed by atoms with Crippen molar-refractivity contribution in [3.63, 3.8) is 0 Å². The summed E-state index contributed by atoms with van der Waals surface area (Å²) in [5, 5.41) is 18.2. The lowest BCUT2D eigenvalue weighted by atomic mass is 10.1. The van der Waals surface area contributed by atoms with Crippen LogP contribution in [0.15, 0.2) is 48.5 Å². The van der Waals surface area contributed by atoms with E-state index in [1.54, 1.807) is 43.3 Å². The summed E-state index contributed by atoms with van der Waals surface area (Å²) in [6, 6.07) is 13.8. The molecule has 1 unspecified atom stereocenters. The van der Waals surface area contributed by atoms with Gasteiger partial charge in [-0.05, 0) is 42.3 Å². The second-order valence-corrected chi connectivity index (χ2v) is 4.54. The van der Waals surface area contributed by atoms with E-state index < -0.39 is 12.1 Å². The second kappa shape index (κ2) is 6.21. The second-order valence-electron chi connectivity index (χ2n) is 4.54. The largest absolute Gasteiger partial charge is 0.489 e. The Morgan fingerprint density at radius 3 is 2.20 bits per heavy atom. The Kier molecular flexibility index (Phi) is 4.38. The summed E-state index contributed by atoms with van der Waals surface area (Å²) in [6.45, 7) is 2.08. The first-order chi connectivity index (χ1) is 9.56. The van der Waals surface area contributed by atoms with Gasteiger partial charge >= 0.3 is 5.97 Å². The number of carbonyl (C=O) groups is 1. The molecule has 0 saturated heterocycles. The van der Waals surface area contributed by atoms with Gasteiger partial charge in [0, 0.05) is 0 Å². The Hall–Kier alpha value is -2.33. The van der Waals surface area contributed by atoms with Crippen molar-refractivity contribution in [1.82, 2.24) is 0 Å². The van der Waals surface area contributed by atoms with Crippen LogP contribution >= 0.6 is 0 Å². The zero-order valence-corrected chi connectivity index (χ0v) is 11.1. The van der Waals surface area contributed by atoms with E-state index in [1.165, 1.54) is 0 Å². The third-order valence-corrected chi connectivity index (χ3v) is 2.97. The molecule has 0 aliphatic heterocycles. The Labute approximate surface area is 117 Å². The third-order valence-electron chi connectivity index (χ3n) is 2.97. The highest BCUT2D eigenvalue weighted by Crippen LogP contribution is 2.18. The molecule has 4 heteroatoms. The lowest BCUT2D eigenvalue weighted by Gasteiger charge is -2.08. The van der Waals surface area contributed by atoms with Crippen LogP contribution in [0.2, 0.25) is 0 Å². The number of aliphatic hydroxyl groups excluding tert-OH is 1. The summed E-state index contributed by atoms with van der Waals surface area (Å²) < 4.78 is 5.60. The molecule has 1 atom stereocenters. The minimum atomic E-state index is -0.939. The number of hydrogen-bond acceptors (Lipinski definition) is 3. The predicted octanol–water partition coefficient (Wildman–Crippen LogP) is 3.02. The van der Waals surface area contributed by atoms with E-state index >= 15 is 0 Å². The maximum absolute atomic E-state index is 10.7. The third kappa shape index (κ3) is 3.59. The minimum absolute atomic E-state index is 0.259. The van der Waals surface area contributed by atoms with E-state index in [0.717, 1.165) is 11.1 Å².